The summed E-state index contributed by atoms with van der Waals surface area (Å²) in [5.74, 6) is 1.40. The number of hydrogen-bond donors (Lipinski definition) is 3. The molecule has 180 valence electrons. The van der Waals surface area contributed by atoms with E-state index in [0.717, 1.165) is 22.7 Å². The third kappa shape index (κ3) is 6.61. The fraction of sp³-hybridized carbons (Fsp3) is 0.304. The Morgan fingerprint density at radius 2 is 1.91 bits per heavy atom. The van der Waals surface area contributed by atoms with Gasteiger partial charge in [-0.2, -0.15) is 8.42 Å². The fourth-order valence-corrected chi connectivity index (χ4v) is 4.89. The molecule has 0 bridgehead atoms. The van der Waals surface area contributed by atoms with E-state index in [1.165, 1.54) is 11.3 Å². The molecule has 1 aromatic heterocycles. The number of carbonyl (C=O) groups excluding carboxylic acids is 1. The van der Waals surface area contributed by atoms with Crippen LogP contribution >= 0.6 is 11.3 Å². The van der Waals surface area contributed by atoms with Gasteiger partial charge in [-0.25, -0.2) is 14.8 Å². The van der Waals surface area contributed by atoms with Crippen LogP contribution in [0.2, 0.25) is 0 Å². The molecule has 0 aliphatic carbocycles. The van der Waals surface area contributed by atoms with Gasteiger partial charge in [-0.1, -0.05) is 36.8 Å². The molecule has 1 unspecified atom stereocenters. The van der Waals surface area contributed by atoms with Crippen LogP contribution in [0.3, 0.4) is 0 Å². The van der Waals surface area contributed by atoms with E-state index >= 15 is 0 Å². The zero-order chi connectivity index (χ0) is 24.0. The molecule has 2 aromatic carbocycles. The number of ether oxygens (including phenoxy) is 2. The number of carbonyl (C=O) groups is 1. The van der Waals surface area contributed by atoms with Crippen LogP contribution in [0.5, 0.6) is 11.5 Å². The van der Waals surface area contributed by atoms with Gasteiger partial charge in [-0.3, -0.25) is 4.79 Å². The third-order valence-electron chi connectivity index (χ3n) is 5.33. The SMILES string of the molecule is NS(=O)(=O)NCCCCC(NCC(=O)c1ccccc1)c1csc(-c2ccc3c(c2)OCO3)n1. The summed E-state index contributed by atoms with van der Waals surface area (Å²) in [5, 5.41) is 11.1. The van der Waals surface area contributed by atoms with E-state index in [1.807, 2.05) is 41.8 Å². The third-order valence-corrected chi connectivity index (χ3v) is 6.84. The van der Waals surface area contributed by atoms with Crippen molar-refractivity contribution in [2.75, 3.05) is 19.9 Å². The molecule has 0 radical (unpaired) electrons. The van der Waals surface area contributed by atoms with Crippen LogP contribution in [0.25, 0.3) is 10.6 Å². The predicted molar refractivity (Wildman–Crippen MR) is 130 cm³/mol. The highest BCUT2D eigenvalue weighted by molar-refractivity contribution is 7.87. The Kier molecular flexibility index (Phi) is 7.91. The number of rotatable bonds is 12. The van der Waals surface area contributed by atoms with Crippen molar-refractivity contribution in [3.8, 4) is 22.1 Å². The number of thiazole rings is 1. The molecule has 3 aromatic rings. The van der Waals surface area contributed by atoms with Crippen LogP contribution in [0.15, 0.2) is 53.9 Å². The maximum atomic E-state index is 12.6. The Hall–Kier alpha value is -2.83. The maximum Gasteiger partial charge on any atom is 0.274 e. The first-order valence-electron chi connectivity index (χ1n) is 10.8. The number of benzene rings is 2. The van der Waals surface area contributed by atoms with Crippen molar-refractivity contribution >= 4 is 27.3 Å². The summed E-state index contributed by atoms with van der Waals surface area (Å²) in [6.45, 7) is 0.638. The number of fused-ring (bicyclic) bond motifs is 1. The number of hydrogen-bond acceptors (Lipinski definition) is 8. The molecular weight excluding hydrogens is 476 g/mol. The highest BCUT2D eigenvalue weighted by atomic mass is 32.2. The Morgan fingerprint density at radius 1 is 1.12 bits per heavy atom. The molecule has 1 aliphatic rings. The smallest absolute Gasteiger partial charge is 0.274 e. The molecule has 4 rings (SSSR count). The van der Waals surface area contributed by atoms with E-state index in [2.05, 4.69) is 10.0 Å². The van der Waals surface area contributed by atoms with E-state index in [-0.39, 0.29) is 31.7 Å². The first-order chi connectivity index (χ1) is 16.4. The van der Waals surface area contributed by atoms with Gasteiger partial charge in [0, 0.05) is 23.1 Å². The van der Waals surface area contributed by atoms with Gasteiger partial charge in [-0.15, -0.1) is 11.3 Å². The van der Waals surface area contributed by atoms with Crippen molar-refractivity contribution in [2.24, 2.45) is 5.14 Å². The zero-order valence-corrected chi connectivity index (χ0v) is 20.0. The molecule has 0 saturated carbocycles. The van der Waals surface area contributed by atoms with Gasteiger partial charge in [0.1, 0.15) is 5.01 Å². The maximum absolute atomic E-state index is 12.6. The van der Waals surface area contributed by atoms with E-state index in [1.54, 1.807) is 12.1 Å². The molecule has 9 nitrogen and oxygen atoms in total. The van der Waals surface area contributed by atoms with Crippen molar-refractivity contribution in [3.63, 3.8) is 0 Å². The van der Waals surface area contributed by atoms with Crippen LogP contribution in [0.1, 0.15) is 41.4 Å². The molecule has 0 saturated heterocycles. The summed E-state index contributed by atoms with van der Waals surface area (Å²) in [6.07, 6.45) is 2.01. The van der Waals surface area contributed by atoms with E-state index in [0.29, 0.717) is 29.9 Å². The van der Waals surface area contributed by atoms with Crippen molar-refractivity contribution in [1.29, 1.82) is 0 Å². The molecular formula is C23H26N4O5S2. The minimum Gasteiger partial charge on any atom is -0.454 e. The molecule has 1 atom stereocenters. The van der Waals surface area contributed by atoms with E-state index < -0.39 is 10.2 Å². The number of aromatic nitrogens is 1. The number of nitrogens with two attached hydrogens (primary N) is 1. The van der Waals surface area contributed by atoms with Gasteiger partial charge < -0.3 is 14.8 Å². The minimum absolute atomic E-state index is 0.00674. The highest BCUT2D eigenvalue weighted by Gasteiger charge is 2.19. The Labute approximate surface area is 202 Å². The average molecular weight is 503 g/mol. The molecule has 0 amide bonds. The molecule has 1 aliphatic heterocycles. The first-order valence-corrected chi connectivity index (χ1v) is 13.3. The van der Waals surface area contributed by atoms with E-state index in [4.69, 9.17) is 19.6 Å². The summed E-state index contributed by atoms with van der Waals surface area (Å²) in [6, 6.07) is 14.7. The lowest BCUT2D eigenvalue weighted by molar-refractivity contribution is 0.0986. The fourth-order valence-electron chi connectivity index (χ4n) is 3.59. The number of nitrogens with one attached hydrogen (secondary N) is 2. The Balaban J connectivity index is 1.44. The van der Waals surface area contributed by atoms with Crippen molar-refractivity contribution in [1.82, 2.24) is 15.0 Å². The second kappa shape index (κ2) is 11.1. The monoisotopic (exact) mass is 502 g/mol. The second-order valence-electron chi connectivity index (χ2n) is 7.80. The van der Waals surface area contributed by atoms with Gasteiger partial charge in [0.25, 0.3) is 10.2 Å². The zero-order valence-electron chi connectivity index (χ0n) is 18.4. The molecule has 11 heteroatoms. The molecule has 4 N–H and O–H groups in total. The molecule has 34 heavy (non-hydrogen) atoms. The number of nitrogens with zero attached hydrogens (tertiary/aromatic N) is 1. The van der Waals surface area contributed by atoms with Crippen molar-refractivity contribution in [3.05, 3.63) is 65.2 Å². The lowest BCUT2D eigenvalue weighted by atomic mass is 10.1. The summed E-state index contributed by atoms with van der Waals surface area (Å²) < 4.78 is 35.3. The summed E-state index contributed by atoms with van der Waals surface area (Å²) >= 11 is 1.51. The first kappa shape index (κ1) is 24.3. The van der Waals surface area contributed by atoms with Crippen LogP contribution in [0.4, 0.5) is 0 Å². The minimum atomic E-state index is -3.70. The van der Waals surface area contributed by atoms with Gasteiger partial charge in [0.2, 0.25) is 6.79 Å². The lowest BCUT2D eigenvalue weighted by Gasteiger charge is -2.17. The van der Waals surface area contributed by atoms with Crippen molar-refractivity contribution in [2.45, 2.75) is 25.3 Å². The molecule has 0 fully saturated rings. The summed E-state index contributed by atoms with van der Waals surface area (Å²) in [4.78, 5) is 17.4. The van der Waals surface area contributed by atoms with Crippen LogP contribution in [-0.4, -0.2) is 39.1 Å². The van der Waals surface area contributed by atoms with Crippen LogP contribution in [0, 0.1) is 0 Å². The topological polar surface area (TPSA) is 133 Å². The number of Topliss-reactive ketones (excluding diaryl/α,β-unsaturated/α-hetero) is 1. The van der Waals surface area contributed by atoms with Gasteiger partial charge in [0.15, 0.2) is 17.3 Å². The standard InChI is InChI=1S/C23H26N4O5S2/c24-34(29,30)26-11-5-4-8-18(25-13-20(28)16-6-2-1-3-7-16)19-14-33-23(27-19)17-9-10-21-22(12-17)32-15-31-21/h1-3,6-7,9-10,12,14,18,25-26H,4-5,8,11,13,15H2,(H2,24,29,30). The number of unbranched alkanes of at least 4 members (excludes halogenated alkanes) is 1. The van der Waals surface area contributed by atoms with Crippen LogP contribution < -0.4 is 24.7 Å². The Morgan fingerprint density at radius 3 is 2.71 bits per heavy atom. The largest absolute Gasteiger partial charge is 0.454 e. The van der Waals surface area contributed by atoms with Crippen LogP contribution in [-0.2, 0) is 10.2 Å². The Bertz CT molecular complexity index is 1230. The van der Waals surface area contributed by atoms with Gasteiger partial charge in [0.05, 0.1) is 18.3 Å². The average Bonchev–Trinajstić information content (AvgIpc) is 3.49. The van der Waals surface area contributed by atoms with Gasteiger partial charge >= 0.3 is 0 Å². The van der Waals surface area contributed by atoms with Crippen molar-refractivity contribution < 1.29 is 22.7 Å². The quantitative estimate of drug-likeness (QED) is 0.256. The summed E-state index contributed by atoms with van der Waals surface area (Å²) in [5.41, 5.74) is 2.40. The predicted octanol–water partition coefficient (Wildman–Crippen LogP) is 3.02. The number of ketones is 1. The van der Waals surface area contributed by atoms with E-state index in [9.17, 15) is 13.2 Å². The second-order valence-corrected chi connectivity index (χ2v) is 10.0. The van der Waals surface area contributed by atoms with Gasteiger partial charge in [-0.05, 0) is 31.0 Å². The highest BCUT2D eigenvalue weighted by Crippen LogP contribution is 2.37. The lowest BCUT2D eigenvalue weighted by Crippen LogP contribution is -2.31. The summed E-state index contributed by atoms with van der Waals surface area (Å²) in [7, 11) is -3.70. The molecule has 0 spiro atoms. The normalized spacial score (nSPS) is 13.7. The molecule has 2 heterocycles.